The molecule has 0 atom stereocenters. The van der Waals surface area contributed by atoms with E-state index in [-0.39, 0.29) is 12.0 Å². The van der Waals surface area contributed by atoms with Crippen LogP contribution in [-0.2, 0) is 18.9 Å². The minimum absolute atomic E-state index is 0.106. The van der Waals surface area contributed by atoms with Crippen LogP contribution < -0.4 is 0 Å². The molecule has 2 rings (SSSR count). The second-order valence-corrected chi connectivity index (χ2v) is 4.45. The van der Waals surface area contributed by atoms with Crippen LogP contribution in [0.4, 0.5) is 4.39 Å². The molecular weight excluding hydrogens is 251 g/mol. The van der Waals surface area contributed by atoms with Crippen LogP contribution in [0.5, 0.6) is 0 Å². The summed E-state index contributed by atoms with van der Waals surface area (Å²) in [5.41, 5.74) is -0.915. The molecule has 1 heterocycles. The molecule has 7 heteroatoms. The van der Waals surface area contributed by atoms with Gasteiger partial charge < -0.3 is 10.2 Å². The number of rotatable bonds is 5. The van der Waals surface area contributed by atoms with Crippen molar-refractivity contribution in [3.8, 4) is 0 Å². The minimum atomic E-state index is -1.16. The number of nitrogens with zero attached hydrogens (tertiary/aromatic N) is 4. The van der Waals surface area contributed by atoms with Crippen LogP contribution in [0.25, 0.3) is 0 Å². The van der Waals surface area contributed by atoms with Crippen LogP contribution >= 0.6 is 0 Å². The highest BCUT2D eigenvalue weighted by Gasteiger charge is 2.35. The van der Waals surface area contributed by atoms with Gasteiger partial charge in [0.2, 0.25) is 0 Å². The van der Waals surface area contributed by atoms with Gasteiger partial charge in [-0.15, -0.1) is 10.2 Å². The van der Waals surface area contributed by atoms with E-state index in [1.807, 2.05) is 0 Å². The van der Waals surface area contributed by atoms with Crippen LogP contribution in [0, 0.1) is 5.82 Å². The smallest absolute Gasteiger partial charge is 0.175 e. The predicted octanol–water partition coefficient (Wildman–Crippen LogP) is -0.186. The third-order valence-corrected chi connectivity index (χ3v) is 3.10. The molecule has 6 nitrogen and oxygen atoms in total. The first kappa shape index (κ1) is 13.6. The van der Waals surface area contributed by atoms with Gasteiger partial charge in [0.1, 0.15) is 5.82 Å². The van der Waals surface area contributed by atoms with E-state index in [9.17, 15) is 14.6 Å². The van der Waals surface area contributed by atoms with Gasteiger partial charge in [0.25, 0.3) is 0 Å². The monoisotopic (exact) mass is 266 g/mol. The Bertz CT molecular complexity index is 554. The number of aliphatic hydroxyl groups is 2. The first-order chi connectivity index (χ1) is 9.11. The van der Waals surface area contributed by atoms with Crippen LogP contribution in [0.1, 0.15) is 11.4 Å². The maximum absolute atomic E-state index is 13.9. The molecule has 0 aliphatic heterocycles. The van der Waals surface area contributed by atoms with Crippen LogP contribution in [-0.4, -0.2) is 43.6 Å². The first-order valence-electron chi connectivity index (χ1n) is 5.81. The summed E-state index contributed by atoms with van der Waals surface area (Å²) < 4.78 is 13.9. The van der Waals surface area contributed by atoms with E-state index in [4.69, 9.17) is 0 Å². The van der Waals surface area contributed by atoms with E-state index >= 15 is 0 Å². The van der Waals surface area contributed by atoms with Crippen molar-refractivity contribution in [1.82, 2.24) is 20.2 Å². The molecule has 19 heavy (non-hydrogen) atoms. The number of halogens is 1. The van der Waals surface area contributed by atoms with E-state index in [1.165, 1.54) is 16.9 Å². The zero-order valence-corrected chi connectivity index (χ0v) is 10.5. The molecule has 0 bridgehead atoms. The summed E-state index contributed by atoms with van der Waals surface area (Å²) in [6, 6.07) is 6.04. The molecule has 2 N–H and O–H groups in total. The van der Waals surface area contributed by atoms with Gasteiger partial charge >= 0.3 is 0 Å². The van der Waals surface area contributed by atoms with Crippen molar-refractivity contribution in [2.45, 2.75) is 11.8 Å². The molecule has 2 aromatic rings. The molecule has 1 aromatic carbocycles. The van der Waals surface area contributed by atoms with Gasteiger partial charge in [-0.1, -0.05) is 18.2 Å². The first-order valence-corrected chi connectivity index (χ1v) is 5.81. The number of tetrazole rings is 1. The van der Waals surface area contributed by atoms with Crippen molar-refractivity contribution < 1.29 is 14.6 Å². The zero-order valence-electron chi connectivity index (χ0n) is 10.5. The van der Waals surface area contributed by atoms with E-state index in [2.05, 4.69) is 15.4 Å². The summed E-state index contributed by atoms with van der Waals surface area (Å²) in [5, 5.41) is 30.7. The van der Waals surface area contributed by atoms with Gasteiger partial charge in [-0.05, 0) is 16.8 Å². The van der Waals surface area contributed by atoms with Crippen LogP contribution in [0.3, 0.4) is 0 Å². The molecule has 0 saturated carbocycles. The Kier molecular flexibility index (Phi) is 3.87. The predicted molar refractivity (Wildman–Crippen MR) is 64.8 cm³/mol. The Morgan fingerprint density at radius 2 is 1.95 bits per heavy atom. The topological polar surface area (TPSA) is 84.1 Å². The normalized spacial score (nSPS) is 11.8. The average molecular weight is 266 g/mol. The van der Waals surface area contributed by atoms with Crippen molar-refractivity contribution in [2.75, 3.05) is 13.2 Å². The van der Waals surface area contributed by atoms with Gasteiger partial charge in [-0.3, -0.25) is 0 Å². The SMILES string of the molecule is Cn1nnc(CC(CO)(CO)c2ccccc2F)n1. The Balaban J connectivity index is 2.40. The average Bonchev–Trinajstić information content (AvgIpc) is 2.82. The van der Waals surface area contributed by atoms with E-state index in [0.29, 0.717) is 5.82 Å². The molecule has 0 unspecified atom stereocenters. The molecule has 0 radical (unpaired) electrons. The summed E-state index contributed by atoms with van der Waals surface area (Å²) >= 11 is 0. The second-order valence-electron chi connectivity index (χ2n) is 4.45. The molecule has 0 aliphatic carbocycles. The summed E-state index contributed by atoms with van der Waals surface area (Å²) in [6.45, 7) is -0.828. The Morgan fingerprint density at radius 3 is 2.47 bits per heavy atom. The summed E-state index contributed by atoms with van der Waals surface area (Å²) in [7, 11) is 1.61. The van der Waals surface area contributed by atoms with Gasteiger partial charge in [-0.25, -0.2) is 4.39 Å². The highest BCUT2D eigenvalue weighted by Crippen LogP contribution is 2.28. The third-order valence-electron chi connectivity index (χ3n) is 3.10. The quantitative estimate of drug-likeness (QED) is 0.784. The Labute approximate surface area is 109 Å². The fraction of sp³-hybridized carbons (Fsp3) is 0.417. The maximum atomic E-state index is 13.9. The van der Waals surface area contributed by atoms with Gasteiger partial charge in [0, 0.05) is 6.42 Å². The van der Waals surface area contributed by atoms with Gasteiger partial charge in [0.15, 0.2) is 5.82 Å². The Morgan fingerprint density at radius 1 is 1.26 bits per heavy atom. The summed E-state index contributed by atoms with van der Waals surface area (Å²) in [5.74, 6) is -0.136. The van der Waals surface area contributed by atoms with E-state index in [0.717, 1.165) is 0 Å². The van der Waals surface area contributed by atoms with Crippen molar-refractivity contribution in [2.24, 2.45) is 7.05 Å². The minimum Gasteiger partial charge on any atom is -0.395 e. The Hall–Kier alpha value is -1.86. The van der Waals surface area contributed by atoms with Crippen LogP contribution in [0.15, 0.2) is 24.3 Å². The standard InChI is InChI=1S/C12H15FN4O2/c1-17-15-11(14-16-17)6-12(7-18,8-19)9-4-2-3-5-10(9)13/h2-5,18-19H,6-8H2,1H3. The summed E-state index contributed by atoms with van der Waals surface area (Å²) in [6.07, 6.45) is 0.106. The lowest BCUT2D eigenvalue weighted by molar-refractivity contribution is 0.111. The van der Waals surface area contributed by atoms with Crippen molar-refractivity contribution in [1.29, 1.82) is 0 Å². The number of hydrogen-bond acceptors (Lipinski definition) is 5. The van der Waals surface area contributed by atoms with Crippen molar-refractivity contribution in [3.63, 3.8) is 0 Å². The number of benzene rings is 1. The molecule has 1 aromatic heterocycles. The fourth-order valence-electron chi connectivity index (χ4n) is 2.02. The molecule has 0 aliphatic rings. The van der Waals surface area contributed by atoms with E-state index < -0.39 is 24.4 Å². The fourth-order valence-corrected chi connectivity index (χ4v) is 2.02. The molecule has 0 amide bonds. The third kappa shape index (κ3) is 2.61. The van der Waals surface area contributed by atoms with E-state index in [1.54, 1.807) is 19.2 Å². The highest BCUT2D eigenvalue weighted by atomic mass is 19.1. The number of hydrogen-bond donors (Lipinski definition) is 2. The molecule has 0 spiro atoms. The molecule has 102 valence electrons. The second kappa shape index (κ2) is 5.41. The van der Waals surface area contributed by atoms with Crippen molar-refractivity contribution in [3.05, 3.63) is 41.5 Å². The number of aryl methyl sites for hydroxylation is 1. The van der Waals surface area contributed by atoms with Gasteiger partial charge in [0.05, 0.1) is 25.7 Å². The largest absolute Gasteiger partial charge is 0.395 e. The molecule has 0 fully saturated rings. The number of aromatic nitrogens is 4. The maximum Gasteiger partial charge on any atom is 0.175 e. The lowest BCUT2D eigenvalue weighted by Crippen LogP contribution is -2.38. The van der Waals surface area contributed by atoms with Crippen molar-refractivity contribution >= 4 is 0 Å². The lowest BCUT2D eigenvalue weighted by atomic mass is 9.78. The molecular formula is C12H15FN4O2. The summed E-state index contributed by atoms with van der Waals surface area (Å²) in [4.78, 5) is 1.27. The highest BCUT2D eigenvalue weighted by molar-refractivity contribution is 5.28. The lowest BCUT2D eigenvalue weighted by Gasteiger charge is -2.29. The molecule has 0 saturated heterocycles. The number of aliphatic hydroxyl groups excluding tert-OH is 2. The zero-order chi connectivity index (χ0) is 13.9. The van der Waals surface area contributed by atoms with Crippen LogP contribution in [0.2, 0.25) is 0 Å². The van der Waals surface area contributed by atoms with Gasteiger partial charge in [-0.2, -0.15) is 4.80 Å².